The van der Waals surface area contributed by atoms with E-state index >= 15 is 0 Å². The predicted octanol–water partition coefficient (Wildman–Crippen LogP) is 3.85. The van der Waals surface area contributed by atoms with Crippen LogP contribution in [0.3, 0.4) is 0 Å². The summed E-state index contributed by atoms with van der Waals surface area (Å²) < 4.78 is 13.7. The summed E-state index contributed by atoms with van der Waals surface area (Å²) in [5.41, 5.74) is 3.34. The lowest BCUT2D eigenvalue weighted by Gasteiger charge is -2.38. The van der Waals surface area contributed by atoms with Crippen molar-refractivity contribution in [3.63, 3.8) is 0 Å². The highest BCUT2D eigenvalue weighted by Crippen LogP contribution is 2.50. The molecule has 26 heavy (non-hydrogen) atoms. The van der Waals surface area contributed by atoms with Gasteiger partial charge >= 0.3 is 0 Å². The molecule has 4 rings (SSSR count). The molecular weight excluding hydrogens is 329 g/mol. The Hall–Kier alpha value is -2.27. The fourth-order valence-electron chi connectivity index (χ4n) is 4.64. The Bertz CT molecular complexity index is 864. The second-order valence-corrected chi connectivity index (χ2v) is 8.15. The first-order valence-electron chi connectivity index (χ1n) is 9.17. The Morgan fingerprint density at radius 1 is 1.35 bits per heavy atom. The zero-order valence-electron chi connectivity index (χ0n) is 15.3. The van der Waals surface area contributed by atoms with Gasteiger partial charge in [0.05, 0.1) is 5.56 Å². The van der Waals surface area contributed by atoms with Gasteiger partial charge in [-0.2, -0.15) is 4.39 Å². The van der Waals surface area contributed by atoms with Crippen LogP contribution in [0.5, 0.6) is 0 Å². The summed E-state index contributed by atoms with van der Waals surface area (Å²) in [5, 5.41) is 6.54. The van der Waals surface area contributed by atoms with Crippen LogP contribution in [0.25, 0.3) is 0 Å². The van der Waals surface area contributed by atoms with Crippen molar-refractivity contribution in [3.8, 4) is 0 Å². The second kappa shape index (κ2) is 6.16. The number of halogens is 1. The first kappa shape index (κ1) is 17.2. The standard InChI is InChI=1S/C21H24FN3O/c1-12-9-16-15-10-13(25-20(26)14-5-4-8-23-19(14)22)6-7-17(15)21(2,3)18(16)24-11-12/h4-8,10,12,16,18,24H,9,11H2,1-3H3,(H,25,26). The van der Waals surface area contributed by atoms with Gasteiger partial charge in [0.2, 0.25) is 5.95 Å². The number of fused-ring (bicyclic) bond motifs is 3. The van der Waals surface area contributed by atoms with Crippen molar-refractivity contribution in [3.05, 3.63) is 59.2 Å². The largest absolute Gasteiger partial charge is 0.322 e. The van der Waals surface area contributed by atoms with Crippen molar-refractivity contribution in [1.29, 1.82) is 0 Å². The van der Waals surface area contributed by atoms with Gasteiger partial charge in [-0.25, -0.2) is 4.98 Å². The maximum atomic E-state index is 13.7. The average molecular weight is 353 g/mol. The molecule has 1 saturated heterocycles. The summed E-state index contributed by atoms with van der Waals surface area (Å²) in [6.07, 6.45) is 2.48. The maximum Gasteiger partial charge on any atom is 0.260 e. The number of hydrogen-bond acceptors (Lipinski definition) is 3. The Morgan fingerprint density at radius 2 is 2.15 bits per heavy atom. The number of piperidine rings is 1. The van der Waals surface area contributed by atoms with Crippen LogP contribution in [0.1, 0.15) is 54.6 Å². The first-order chi connectivity index (χ1) is 12.4. The van der Waals surface area contributed by atoms with Gasteiger partial charge in [-0.05, 0) is 54.3 Å². The zero-order chi connectivity index (χ0) is 18.5. The number of pyridine rings is 1. The molecule has 4 nitrogen and oxygen atoms in total. The van der Waals surface area contributed by atoms with Gasteiger partial charge in [-0.1, -0.05) is 26.8 Å². The SMILES string of the molecule is CC1CNC2C(C1)c1cc(NC(=O)c3cccnc3F)ccc1C2(C)C. The smallest absolute Gasteiger partial charge is 0.260 e. The number of nitrogens with one attached hydrogen (secondary N) is 2. The van der Waals surface area contributed by atoms with Crippen LogP contribution in [0.4, 0.5) is 10.1 Å². The molecule has 2 heterocycles. The third kappa shape index (κ3) is 2.71. The van der Waals surface area contributed by atoms with Crippen LogP contribution in [0.2, 0.25) is 0 Å². The molecule has 0 radical (unpaired) electrons. The van der Waals surface area contributed by atoms with Crippen molar-refractivity contribution in [2.24, 2.45) is 5.92 Å². The van der Waals surface area contributed by atoms with E-state index in [4.69, 9.17) is 0 Å². The summed E-state index contributed by atoms with van der Waals surface area (Å²) in [6.45, 7) is 7.87. The normalized spacial score (nSPS) is 26.1. The van der Waals surface area contributed by atoms with Crippen LogP contribution in [-0.4, -0.2) is 23.5 Å². The molecule has 1 aromatic carbocycles. The number of carbonyl (C=O) groups is 1. The van der Waals surface area contributed by atoms with Gasteiger partial charge in [0.25, 0.3) is 5.91 Å². The lowest BCUT2D eigenvalue weighted by Crippen LogP contribution is -2.49. The number of nitrogens with zero attached hydrogens (tertiary/aromatic N) is 1. The number of aromatic nitrogens is 1. The molecule has 3 atom stereocenters. The number of hydrogen-bond donors (Lipinski definition) is 2. The highest BCUT2D eigenvalue weighted by molar-refractivity contribution is 6.04. The molecule has 1 aliphatic carbocycles. The van der Waals surface area contributed by atoms with E-state index in [0.29, 0.717) is 23.6 Å². The number of amides is 1. The fourth-order valence-corrected chi connectivity index (χ4v) is 4.64. The third-order valence-corrected chi connectivity index (χ3v) is 5.93. The Balaban J connectivity index is 1.65. The monoisotopic (exact) mass is 353 g/mol. The topological polar surface area (TPSA) is 54.0 Å². The summed E-state index contributed by atoms with van der Waals surface area (Å²) >= 11 is 0. The minimum Gasteiger partial charge on any atom is -0.322 e. The van der Waals surface area contributed by atoms with Crippen LogP contribution in [-0.2, 0) is 5.41 Å². The van der Waals surface area contributed by atoms with E-state index in [2.05, 4.69) is 48.5 Å². The van der Waals surface area contributed by atoms with Crippen molar-refractivity contribution in [1.82, 2.24) is 10.3 Å². The maximum absolute atomic E-state index is 13.7. The van der Waals surface area contributed by atoms with Crippen LogP contribution >= 0.6 is 0 Å². The summed E-state index contributed by atoms with van der Waals surface area (Å²) in [4.78, 5) is 15.9. The van der Waals surface area contributed by atoms with Crippen LogP contribution in [0.15, 0.2) is 36.5 Å². The molecule has 136 valence electrons. The van der Waals surface area contributed by atoms with E-state index in [1.165, 1.54) is 23.4 Å². The van der Waals surface area contributed by atoms with Gasteiger partial charge < -0.3 is 10.6 Å². The van der Waals surface area contributed by atoms with E-state index in [9.17, 15) is 9.18 Å². The molecule has 0 spiro atoms. The highest BCUT2D eigenvalue weighted by atomic mass is 19.1. The third-order valence-electron chi connectivity index (χ3n) is 5.93. The number of carbonyl (C=O) groups excluding carboxylic acids is 1. The van der Waals surface area contributed by atoms with Crippen LogP contribution in [0, 0.1) is 11.9 Å². The van der Waals surface area contributed by atoms with Crippen molar-refractivity contribution >= 4 is 11.6 Å². The molecule has 0 saturated carbocycles. The molecule has 2 N–H and O–H groups in total. The zero-order valence-corrected chi connectivity index (χ0v) is 15.3. The molecule has 1 aromatic heterocycles. The molecule has 3 unspecified atom stereocenters. The molecule has 1 fully saturated rings. The lowest BCUT2D eigenvalue weighted by molar-refractivity contribution is 0.102. The van der Waals surface area contributed by atoms with Gasteiger partial charge in [-0.3, -0.25) is 4.79 Å². The molecule has 2 aromatic rings. The van der Waals surface area contributed by atoms with Crippen molar-refractivity contribution in [2.75, 3.05) is 11.9 Å². The van der Waals surface area contributed by atoms with Gasteiger partial charge in [0.15, 0.2) is 0 Å². The van der Waals surface area contributed by atoms with Gasteiger partial charge in [-0.15, -0.1) is 0 Å². The summed E-state index contributed by atoms with van der Waals surface area (Å²) in [5.74, 6) is -0.159. The minimum atomic E-state index is -0.752. The average Bonchev–Trinajstić information content (AvgIpc) is 2.82. The summed E-state index contributed by atoms with van der Waals surface area (Å²) in [7, 11) is 0. The van der Waals surface area contributed by atoms with Gasteiger partial charge in [0, 0.05) is 29.3 Å². The molecule has 1 aliphatic heterocycles. The highest BCUT2D eigenvalue weighted by Gasteiger charge is 2.48. The second-order valence-electron chi connectivity index (χ2n) is 8.15. The van der Waals surface area contributed by atoms with E-state index in [1.54, 1.807) is 6.07 Å². The predicted molar refractivity (Wildman–Crippen MR) is 99.9 cm³/mol. The molecule has 5 heteroatoms. The Kier molecular flexibility index (Phi) is 4.07. The number of anilines is 1. The van der Waals surface area contributed by atoms with E-state index in [-0.39, 0.29) is 11.0 Å². The molecule has 0 bridgehead atoms. The quantitative estimate of drug-likeness (QED) is 0.807. The number of rotatable bonds is 2. The fraction of sp³-hybridized carbons (Fsp3) is 0.429. The molecule has 2 aliphatic rings. The Morgan fingerprint density at radius 3 is 2.92 bits per heavy atom. The van der Waals surface area contributed by atoms with E-state index in [0.717, 1.165) is 13.0 Å². The Labute approximate surface area is 153 Å². The lowest BCUT2D eigenvalue weighted by atomic mass is 9.77. The molecule has 1 amide bonds. The van der Waals surface area contributed by atoms with Crippen molar-refractivity contribution in [2.45, 2.75) is 44.6 Å². The summed E-state index contributed by atoms with van der Waals surface area (Å²) in [6, 6.07) is 9.49. The number of benzene rings is 1. The van der Waals surface area contributed by atoms with Crippen LogP contribution < -0.4 is 10.6 Å². The van der Waals surface area contributed by atoms with Crippen molar-refractivity contribution < 1.29 is 9.18 Å². The van der Waals surface area contributed by atoms with Gasteiger partial charge in [0.1, 0.15) is 0 Å². The first-order valence-corrected chi connectivity index (χ1v) is 9.17. The van der Waals surface area contributed by atoms with E-state index < -0.39 is 11.9 Å². The molecular formula is C21H24FN3O. The minimum absolute atomic E-state index is 0.0424. The van der Waals surface area contributed by atoms with E-state index in [1.807, 2.05) is 6.07 Å².